The maximum absolute atomic E-state index is 13.1. The van der Waals surface area contributed by atoms with E-state index in [4.69, 9.17) is 9.05 Å². The summed E-state index contributed by atoms with van der Waals surface area (Å²) in [6.07, 6.45) is 113. The zero-order valence-electron chi connectivity index (χ0n) is 62.8. The Labute approximate surface area is 589 Å². The Hall–Kier alpha value is -3.36. The summed E-state index contributed by atoms with van der Waals surface area (Å²) >= 11 is 0. The van der Waals surface area contributed by atoms with Crippen LogP contribution in [0.2, 0.25) is 0 Å². The van der Waals surface area contributed by atoms with Crippen molar-refractivity contribution in [2.75, 3.05) is 40.9 Å². The number of likely N-dealkylation sites (N-methyl/N-ethyl adjacent to an activating group) is 1. The summed E-state index contributed by atoms with van der Waals surface area (Å²) in [5, 5.41) is 14.0. The van der Waals surface area contributed by atoms with Gasteiger partial charge in [-0.1, -0.05) is 372 Å². The highest BCUT2D eigenvalue weighted by Gasteiger charge is 2.23. The zero-order valence-corrected chi connectivity index (χ0v) is 63.7. The molecule has 95 heavy (non-hydrogen) atoms. The number of aliphatic hydroxyl groups is 1. The van der Waals surface area contributed by atoms with Gasteiger partial charge in [0.05, 0.1) is 39.9 Å². The lowest BCUT2D eigenvalue weighted by molar-refractivity contribution is -0.870. The summed E-state index contributed by atoms with van der Waals surface area (Å²) in [5.74, 6) is -0.211. The molecule has 0 aromatic carbocycles. The van der Waals surface area contributed by atoms with E-state index in [1.54, 1.807) is 6.08 Å². The summed E-state index contributed by atoms with van der Waals surface area (Å²) in [5.41, 5.74) is 0. The maximum Gasteiger partial charge on any atom is 0.268 e. The molecular weight excluding hydrogens is 1190 g/mol. The Morgan fingerprint density at radius 2 is 0.653 bits per heavy atom. The molecule has 0 rings (SSSR count). The van der Waals surface area contributed by atoms with Crippen molar-refractivity contribution in [1.82, 2.24) is 5.32 Å². The van der Waals surface area contributed by atoms with Crippen LogP contribution in [-0.4, -0.2) is 68.5 Å². The molecular formula is C86H153N2O6P. The molecule has 0 bridgehead atoms. The van der Waals surface area contributed by atoms with E-state index in [1.165, 1.54) is 238 Å². The van der Waals surface area contributed by atoms with Crippen LogP contribution < -0.4 is 10.2 Å². The Kier molecular flexibility index (Phi) is 72.2. The van der Waals surface area contributed by atoms with E-state index in [-0.39, 0.29) is 12.5 Å². The Balaban J connectivity index is 4.06. The molecule has 548 valence electrons. The smallest absolute Gasteiger partial charge is 0.268 e. The van der Waals surface area contributed by atoms with Gasteiger partial charge in [0, 0.05) is 6.42 Å². The standard InChI is InChI=1S/C86H153N2O6P/c1-6-8-10-12-14-16-18-20-22-24-26-28-30-32-34-36-38-40-41-42-43-44-45-46-47-48-50-52-54-56-58-60-62-64-66-68-70-72-74-76-78-80-86(90)87-84(83-94-95(91,92)93-82-81-88(3,4)5)85(89)79-77-75-73-71-69-67-65-63-61-59-57-55-53-51-49-39-37-35-33-31-29-27-25-23-21-19-17-15-13-11-9-7-2/h8,10,14,16,20,22,26,28,32,34,38,40,42-43,45-46,61,63,69,71,77,79,84-85,89H,6-7,9,11-13,15,17-19,21,23-25,27,29-31,33,35-37,39,41,44,47-60,62,64-68,70,72-76,78,80-83H2,1-5H3,(H-,87,90,91,92)/b10-8-,16-14-,22-20-,28-26-,34-32-,40-38-,43-42-,46-45-,63-61+,71-69+,79-77+. The van der Waals surface area contributed by atoms with E-state index in [0.29, 0.717) is 17.4 Å². The largest absolute Gasteiger partial charge is 0.756 e. The van der Waals surface area contributed by atoms with Gasteiger partial charge in [-0.15, -0.1) is 0 Å². The third-order valence-electron chi connectivity index (χ3n) is 17.6. The molecule has 0 spiro atoms. The van der Waals surface area contributed by atoms with Crippen molar-refractivity contribution in [3.63, 3.8) is 0 Å². The second-order valence-corrected chi connectivity index (χ2v) is 29.4. The number of carbonyl (C=O) groups is 1. The minimum Gasteiger partial charge on any atom is -0.756 e. The topological polar surface area (TPSA) is 108 Å². The average molecular weight is 1340 g/mol. The van der Waals surface area contributed by atoms with Crippen LogP contribution in [0.5, 0.6) is 0 Å². The first kappa shape index (κ1) is 91.6. The molecule has 0 saturated heterocycles. The maximum atomic E-state index is 13.1. The van der Waals surface area contributed by atoms with Crippen LogP contribution in [0, 0.1) is 0 Å². The van der Waals surface area contributed by atoms with Gasteiger partial charge in [-0.05, 0) is 109 Å². The van der Waals surface area contributed by atoms with Crippen LogP contribution in [0.4, 0.5) is 0 Å². The van der Waals surface area contributed by atoms with Crippen LogP contribution in [0.25, 0.3) is 0 Å². The van der Waals surface area contributed by atoms with Crippen molar-refractivity contribution in [3.05, 3.63) is 134 Å². The molecule has 0 saturated carbocycles. The van der Waals surface area contributed by atoms with E-state index in [2.05, 4.69) is 141 Å². The SMILES string of the molecule is CC/C=C\C/C=C\C/C=C\C/C=C\C/C=C\C/C=C\C/C=C\C/C=C\CCCCCCCCCCCCCCCCCCC(=O)NC(COP(=O)([O-])OCC[N+](C)(C)C)C(O)/C=C/CC/C=C/CC/C=C/CCCCCCCCCCCCCCCCCCCCCCCC. The molecule has 0 fully saturated rings. The molecule has 0 radical (unpaired) electrons. The van der Waals surface area contributed by atoms with Gasteiger partial charge < -0.3 is 28.8 Å². The molecule has 0 aliphatic heterocycles. The number of rotatable bonds is 73. The molecule has 0 heterocycles. The fraction of sp³-hybridized carbons (Fsp3) is 0.733. The van der Waals surface area contributed by atoms with Crippen LogP contribution in [0.1, 0.15) is 354 Å². The lowest BCUT2D eigenvalue weighted by Crippen LogP contribution is -2.45. The first-order valence-corrected chi connectivity index (χ1v) is 41.5. The van der Waals surface area contributed by atoms with Gasteiger partial charge in [0.15, 0.2) is 0 Å². The predicted octanol–water partition coefficient (Wildman–Crippen LogP) is 25.9. The molecule has 0 aromatic heterocycles. The molecule has 0 aromatic rings. The Bertz CT molecular complexity index is 2020. The third kappa shape index (κ3) is 77.9. The van der Waals surface area contributed by atoms with Crippen molar-refractivity contribution in [1.29, 1.82) is 0 Å². The van der Waals surface area contributed by atoms with Crippen molar-refractivity contribution in [3.8, 4) is 0 Å². The minimum absolute atomic E-state index is 0.0130. The van der Waals surface area contributed by atoms with Crippen molar-refractivity contribution >= 4 is 13.7 Å². The van der Waals surface area contributed by atoms with Gasteiger partial charge in [0.1, 0.15) is 13.2 Å². The second kappa shape index (κ2) is 74.9. The van der Waals surface area contributed by atoms with Crippen molar-refractivity contribution in [2.24, 2.45) is 0 Å². The van der Waals surface area contributed by atoms with Gasteiger partial charge in [-0.3, -0.25) is 9.36 Å². The third-order valence-corrected chi connectivity index (χ3v) is 18.5. The summed E-state index contributed by atoms with van der Waals surface area (Å²) in [4.78, 5) is 25.7. The molecule has 1 amide bonds. The number of amides is 1. The molecule has 0 aliphatic rings. The van der Waals surface area contributed by atoms with E-state index < -0.39 is 26.6 Å². The zero-order chi connectivity index (χ0) is 69.0. The highest BCUT2D eigenvalue weighted by Crippen LogP contribution is 2.38. The number of aliphatic hydroxyl groups excluding tert-OH is 1. The fourth-order valence-electron chi connectivity index (χ4n) is 11.4. The number of allylic oxidation sites excluding steroid dienone is 21. The number of nitrogens with one attached hydrogen (secondary N) is 1. The molecule has 3 atom stereocenters. The Morgan fingerprint density at radius 1 is 0.379 bits per heavy atom. The first-order chi connectivity index (χ1) is 46.5. The lowest BCUT2D eigenvalue weighted by Gasteiger charge is -2.29. The fourth-order valence-corrected chi connectivity index (χ4v) is 12.2. The normalized spacial score (nSPS) is 14.2. The number of carbonyl (C=O) groups excluding carboxylic acids is 1. The van der Waals surface area contributed by atoms with Gasteiger partial charge >= 0.3 is 0 Å². The summed E-state index contributed by atoms with van der Waals surface area (Å²) in [6, 6.07) is -0.919. The summed E-state index contributed by atoms with van der Waals surface area (Å²) in [6.45, 7) is 4.54. The second-order valence-electron chi connectivity index (χ2n) is 28.0. The van der Waals surface area contributed by atoms with Gasteiger partial charge in [0.2, 0.25) is 5.91 Å². The number of hydrogen-bond donors (Lipinski definition) is 2. The number of phosphoric acid groups is 1. The predicted molar refractivity (Wildman–Crippen MR) is 417 cm³/mol. The van der Waals surface area contributed by atoms with E-state index in [9.17, 15) is 19.4 Å². The first-order valence-electron chi connectivity index (χ1n) is 40.0. The molecule has 0 aliphatic carbocycles. The summed E-state index contributed by atoms with van der Waals surface area (Å²) in [7, 11) is 1.23. The average Bonchev–Trinajstić information content (AvgIpc) is 2.01. The van der Waals surface area contributed by atoms with Crippen LogP contribution in [-0.2, 0) is 18.4 Å². The molecule has 9 heteroatoms. The van der Waals surface area contributed by atoms with Crippen LogP contribution in [0.15, 0.2) is 134 Å². The van der Waals surface area contributed by atoms with Gasteiger partial charge in [-0.2, -0.15) is 0 Å². The summed E-state index contributed by atoms with van der Waals surface area (Å²) < 4.78 is 23.5. The highest BCUT2D eigenvalue weighted by molar-refractivity contribution is 7.45. The molecule has 8 nitrogen and oxygen atoms in total. The van der Waals surface area contributed by atoms with E-state index >= 15 is 0 Å². The van der Waals surface area contributed by atoms with Crippen LogP contribution >= 0.6 is 7.82 Å². The number of phosphoric ester groups is 1. The monoisotopic (exact) mass is 1340 g/mol. The van der Waals surface area contributed by atoms with Gasteiger partial charge in [0.25, 0.3) is 7.82 Å². The number of unbranched alkanes of at least 4 members (excludes halogenated alkanes) is 40. The van der Waals surface area contributed by atoms with Crippen molar-refractivity contribution < 1.29 is 32.9 Å². The Morgan fingerprint density at radius 3 is 0.979 bits per heavy atom. The minimum atomic E-state index is -4.63. The lowest BCUT2D eigenvalue weighted by atomic mass is 10.0. The quantitative estimate of drug-likeness (QED) is 0.0272. The molecule has 3 unspecified atom stereocenters. The number of quaternary nitrogens is 1. The van der Waals surface area contributed by atoms with E-state index in [0.717, 1.165) is 96.3 Å². The van der Waals surface area contributed by atoms with E-state index in [1.807, 2.05) is 27.2 Å². The number of hydrogen-bond acceptors (Lipinski definition) is 6. The number of nitrogens with zero attached hydrogens (tertiary/aromatic N) is 1. The highest BCUT2D eigenvalue weighted by atomic mass is 31.2. The van der Waals surface area contributed by atoms with Crippen LogP contribution in [0.3, 0.4) is 0 Å². The van der Waals surface area contributed by atoms with Gasteiger partial charge in [-0.25, -0.2) is 0 Å². The molecule has 2 N–H and O–H groups in total. The van der Waals surface area contributed by atoms with Crippen molar-refractivity contribution in [2.45, 2.75) is 366 Å².